The normalized spacial score (nSPS) is 25.6. The molecule has 2 aromatic rings. The molecule has 32 heavy (non-hydrogen) atoms. The van der Waals surface area contributed by atoms with Gasteiger partial charge in [0.05, 0.1) is 0 Å². The lowest BCUT2D eigenvalue weighted by atomic mass is 9.66. The van der Waals surface area contributed by atoms with Crippen LogP contribution < -0.4 is 5.32 Å². The zero-order chi connectivity index (χ0) is 22.5. The van der Waals surface area contributed by atoms with E-state index in [-0.39, 0.29) is 29.7 Å². The molecule has 1 N–H and O–H groups in total. The van der Waals surface area contributed by atoms with E-state index in [2.05, 4.69) is 22.3 Å². The number of amides is 1. The number of methoxy groups -OCH3 is 1. The molecule has 1 aliphatic carbocycles. The van der Waals surface area contributed by atoms with Crippen LogP contribution in [-0.2, 0) is 16.1 Å². The van der Waals surface area contributed by atoms with Crippen LogP contribution in [0.2, 0.25) is 5.02 Å². The van der Waals surface area contributed by atoms with Crippen LogP contribution in [0.1, 0.15) is 49.1 Å². The van der Waals surface area contributed by atoms with Crippen molar-refractivity contribution in [1.29, 1.82) is 0 Å². The minimum atomic E-state index is -0.216. The Kier molecular flexibility index (Phi) is 7.82. The first kappa shape index (κ1) is 23.2. The number of benzene rings is 2. The summed E-state index contributed by atoms with van der Waals surface area (Å²) in [5.74, 6) is 0.508. The van der Waals surface area contributed by atoms with Crippen molar-refractivity contribution in [3.63, 3.8) is 0 Å². The van der Waals surface area contributed by atoms with E-state index >= 15 is 0 Å². The molecule has 1 amide bonds. The molecule has 1 heterocycles. The summed E-state index contributed by atoms with van der Waals surface area (Å²) in [4.78, 5) is 15.3. The van der Waals surface area contributed by atoms with Gasteiger partial charge in [-0.05, 0) is 67.0 Å². The van der Waals surface area contributed by atoms with Gasteiger partial charge in [-0.2, -0.15) is 0 Å². The van der Waals surface area contributed by atoms with Crippen LogP contribution >= 0.6 is 11.6 Å². The molecular weight excluding hydrogens is 427 g/mol. The lowest BCUT2D eigenvalue weighted by Crippen LogP contribution is -2.59. The predicted molar refractivity (Wildman–Crippen MR) is 125 cm³/mol. The van der Waals surface area contributed by atoms with Gasteiger partial charge in [-0.25, -0.2) is 4.39 Å². The van der Waals surface area contributed by atoms with Gasteiger partial charge in [0.1, 0.15) is 5.82 Å². The average molecular weight is 459 g/mol. The highest BCUT2D eigenvalue weighted by atomic mass is 35.5. The van der Waals surface area contributed by atoms with E-state index < -0.39 is 0 Å². The van der Waals surface area contributed by atoms with E-state index in [0.29, 0.717) is 30.5 Å². The maximum Gasteiger partial charge on any atom is 0.223 e. The molecule has 172 valence electrons. The zero-order valence-corrected chi connectivity index (χ0v) is 19.4. The van der Waals surface area contributed by atoms with Gasteiger partial charge in [0.15, 0.2) is 0 Å². The monoisotopic (exact) mass is 458 g/mol. The lowest BCUT2D eigenvalue weighted by molar-refractivity contribution is -0.142. The van der Waals surface area contributed by atoms with Crippen molar-refractivity contribution in [2.24, 2.45) is 5.92 Å². The fraction of sp³-hybridized carbons (Fsp3) is 0.500. The van der Waals surface area contributed by atoms with E-state index in [1.54, 1.807) is 7.11 Å². The third-order valence-electron chi connectivity index (χ3n) is 7.03. The number of nitrogens with one attached hydrogen (secondary N) is 1. The van der Waals surface area contributed by atoms with E-state index in [1.165, 1.54) is 17.7 Å². The Morgan fingerprint density at radius 3 is 2.59 bits per heavy atom. The first-order valence-corrected chi connectivity index (χ1v) is 12.0. The van der Waals surface area contributed by atoms with Gasteiger partial charge >= 0.3 is 0 Å². The molecule has 0 radical (unpaired) electrons. The van der Waals surface area contributed by atoms with Gasteiger partial charge in [-0.1, -0.05) is 35.9 Å². The number of hydrogen-bond acceptors (Lipinski definition) is 3. The van der Waals surface area contributed by atoms with Crippen LogP contribution in [0, 0.1) is 11.7 Å². The zero-order valence-electron chi connectivity index (χ0n) is 18.6. The number of nitrogens with zero attached hydrogens (tertiary/aromatic N) is 1. The van der Waals surface area contributed by atoms with Crippen molar-refractivity contribution >= 4 is 17.5 Å². The van der Waals surface area contributed by atoms with Crippen LogP contribution in [0.3, 0.4) is 0 Å². The molecule has 0 bridgehead atoms. The smallest absolute Gasteiger partial charge is 0.223 e. The van der Waals surface area contributed by atoms with Crippen molar-refractivity contribution in [1.82, 2.24) is 10.2 Å². The third-order valence-corrected chi connectivity index (χ3v) is 7.28. The highest BCUT2D eigenvalue weighted by Gasteiger charge is 2.47. The summed E-state index contributed by atoms with van der Waals surface area (Å²) in [6.07, 6.45) is 4.56. The molecule has 0 unspecified atom stereocenters. The van der Waals surface area contributed by atoms with Gasteiger partial charge in [0, 0.05) is 56.3 Å². The molecular formula is C26H32ClFN2O2. The Balaban J connectivity index is 1.58. The molecule has 6 heteroatoms. The second-order valence-electron chi connectivity index (χ2n) is 8.99. The second-order valence-corrected chi connectivity index (χ2v) is 9.42. The quantitative estimate of drug-likeness (QED) is 0.555. The molecule has 2 aliphatic rings. The molecule has 4 nitrogen and oxygen atoms in total. The number of ether oxygens (including phenoxy) is 1. The Morgan fingerprint density at radius 2 is 1.88 bits per heavy atom. The number of likely N-dealkylation sites (tertiary alicyclic amines) is 1. The van der Waals surface area contributed by atoms with Gasteiger partial charge < -0.3 is 15.0 Å². The van der Waals surface area contributed by atoms with E-state index in [9.17, 15) is 9.18 Å². The maximum absolute atomic E-state index is 13.3. The number of hydrogen-bond donors (Lipinski definition) is 1. The number of piperidine rings is 1. The molecule has 2 fully saturated rings. The van der Waals surface area contributed by atoms with Gasteiger partial charge in [0.2, 0.25) is 5.91 Å². The predicted octanol–water partition coefficient (Wildman–Crippen LogP) is 5.16. The molecule has 0 spiro atoms. The summed E-state index contributed by atoms with van der Waals surface area (Å²) in [5, 5.41) is 4.47. The minimum absolute atomic E-state index is 0.162. The largest absolute Gasteiger partial charge is 0.385 e. The number of carbonyl (C=O) groups excluding carboxylic acids is 1. The Morgan fingerprint density at radius 1 is 1.12 bits per heavy atom. The molecule has 4 atom stereocenters. The highest BCUT2D eigenvalue weighted by Crippen LogP contribution is 2.45. The SMILES string of the molecule is COCCCN1C(=O)C[C@H](c2ccc(Cl)cc2)[C@H]2[C@@H](NCc3ccc(F)cc3)CCC[C@H]21. The Hall–Kier alpha value is -1.95. The van der Waals surface area contributed by atoms with Crippen molar-refractivity contribution in [2.45, 2.75) is 56.7 Å². The highest BCUT2D eigenvalue weighted by molar-refractivity contribution is 6.30. The van der Waals surface area contributed by atoms with Crippen LogP contribution in [0.5, 0.6) is 0 Å². The average Bonchev–Trinajstić information content (AvgIpc) is 2.80. The Bertz CT molecular complexity index is 890. The first-order valence-electron chi connectivity index (χ1n) is 11.6. The summed E-state index contributed by atoms with van der Waals surface area (Å²) >= 11 is 6.14. The molecule has 1 saturated heterocycles. The van der Waals surface area contributed by atoms with E-state index in [0.717, 1.165) is 37.8 Å². The summed E-state index contributed by atoms with van der Waals surface area (Å²) in [6.45, 7) is 2.10. The maximum atomic E-state index is 13.3. The second kappa shape index (κ2) is 10.8. The molecule has 4 rings (SSSR count). The standard InChI is InChI=1S/C26H32ClFN2O2/c1-32-15-3-14-30-24-5-2-4-23(29-17-18-6-12-21(28)13-7-18)26(24)22(16-25(30)31)19-8-10-20(27)11-9-19/h6-13,22-24,26,29H,2-5,14-17H2,1H3/t22-,23+,24-,26+/m1/s1. The summed E-state index contributed by atoms with van der Waals surface area (Å²) in [6, 6.07) is 15.2. The first-order chi connectivity index (χ1) is 15.6. The van der Waals surface area contributed by atoms with E-state index in [4.69, 9.17) is 16.3 Å². The summed E-state index contributed by atoms with van der Waals surface area (Å²) in [7, 11) is 1.70. The number of fused-ring (bicyclic) bond motifs is 1. The van der Waals surface area contributed by atoms with Gasteiger partial charge in [-0.15, -0.1) is 0 Å². The number of rotatable bonds is 8. The van der Waals surface area contributed by atoms with Crippen LogP contribution in [0.15, 0.2) is 48.5 Å². The number of carbonyl (C=O) groups is 1. The molecule has 1 saturated carbocycles. The van der Waals surface area contributed by atoms with Crippen molar-refractivity contribution in [2.75, 3.05) is 20.3 Å². The third kappa shape index (κ3) is 5.33. The fourth-order valence-corrected chi connectivity index (χ4v) is 5.67. The fourth-order valence-electron chi connectivity index (χ4n) is 5.55. The van der Waals surface area contributed by atoms with Gasteiger partial charge in [-0.3, -0.25) is 4.79 Å². The van der Waals surface area contributed by atoms with Crippen molar-refractivity contribution in [3.05, 3.63) is 70.5 Å². The summed E-state index contributed by atoms with van der Waals surface area (Å²) < 4.78 is 18.5. The van der Waals surface area contributed by atoms with Crippen LogP contribution in [0.4, 0.5) is 4.39 Å². The lowest BCUT2D eigenvalue weighted by Gasteiger charge is -2.51. The summed E-state index contributed by atoms with van der Waals surface area (Å²) in [5.41, 5.74) is 2.25. The van der Waals surface area contributed by atoms with Crippen LogP contribution in [0.25, 0.3) is 0 Å². The molecule has 0 aromatic heterocycles. The molecule has 1 aliphatic heterocycles. The van der Waals surface area contributed by atoms with Crippen LogP contribution in [-0.4, -0.2) is 43.2 Å². The molecule has 2 aromatic carbocycles. The van der Waals surface area contributed by atoms with Gasteiger partial charge in [0.25, 0.3) is 0 Å². The van der Waals surface area contributed by atoms with Crippen molar-refractivity contribution < 1.29 is 13.9 Å². The minimum Gasteiger partial charge on any atom is -0.385 e. The number of halogens is 2. The van der Waals surface area contributed by atoms with E-state index in [1.807, 2.05) is 24.3 Å². The topological polar surface area (TPSA) is 41.6 Å². The van der Waals surface area contributed by atoms with Crippen molar-refractivity contribution in [3.8, 4) is 0 Å². The Labute approximate surface area is 195 Å².